The summed E-state index contributed by atoms with van der Waals surface area (Å²) in [4.78, 5) is 20.5. The first-order chi connectivity index (χ1) is 13.9. The molecule has 7 heteroatoms. The van der Waals surface area contributed by atoms with E-state index in [0.717, 1.165) is 17.3 Å². The van der Waals surface area contributed by atoms with E-state index in [1.807, 2.05) is 24.1 Å². The Morgan fingerprint density at radius 1 is 1.31 bits per heavy atom. The summed E-state index contributed by atoms with van der Waals surface area (Å²) < 4.78 is 14.5. The van der Waals surface area contributed by atoms with Gasteiger partial charge in [0.15, 0.2) is 5.17 Å². The lowest BCUT2D eigenvalue weighted by Gasteiger charge is -2.33. The predicted octanol–water partition coefficient (Wildman–Crippen LogP) is 5.87. The van der Waals surface area contributed by atoms with Gasteiger partial charge in [0.1, 0.15) is 12.0 Å². The molecule has 0 aromatic heterocycles. The van der Waals surface area contributed by atoms with Gasteiger partial charge in [-0.2, -0.15) is 0 Å². The third-order valence-electron chi connectivity index (χ3n) is 4.90. The summed E-state index contributed by atoms with van der Waals surface area (Å²) in [5.41, 5.74) is 2.40. The Bertz CT molecular complexity index is 903. The van der Waals surface area contributed by atoms with Crippen LogP contribution < -0.4 is 4.90 Å². The topological polar surface area (TPSA) is 35.9 Å². The van der Waals surface area contributed by atoms with Gasteiger partial charge in [0.05, 0.1) is 11.4 Å². The molecule has 0 aliphatic carbocycles. The van der Waals surface area contributed by atoms with E-state index in [2.05, 4.69) is 19.1 Å². The number of hydrogen-bond donors (Lipinski definition) is 0. The van der Waals surface area contributed by atoms with Crippen molar-refractivity contribution in [3.05, 3.63) is 58.9 Å². The van der Waals surface area contributed by atoms with Gasteiger partial charge in [0.2, 0.25) is 5.91 Å². The van der Waals surface area contributed by atoms with E-state index in [9.17, 15) is 9.18 Å². The van der Waals surface area contributed by atoms with Crippen molar-refractivity contribution in [3.8, 4) is 0 Å². The maximum absolute atomic E-state index is 14.5. The van der Waals surface area contributed by atoms with Crippen molar-refractivity contribution >= 4 is 45.8 Å². The summed E-state index contributed by atoms with van der Waals surface area (Å²) in [6.07, 6.45) is 3.10. The maximum atomic E-state index is 14.5. The standard InChI is InChI=1S/C22H25ClFN3OS/c1-4-5-6-16-7-10-18(11-8-16)25-22-26(3)21(14-29-22)27(15(2)28)20-12-9-17(23)13-19(20)24/h7-13,21H,4-6,14H2,1-3H3. The van der Waals surface area contributed by atoms with Crippen molar-refractivity contribution in [2.24, 2.45) is 4.99 Å². The van der Waals surface area contributed by atoms with Gasteiger partial charge in [-0.3, -0.25) is 9.69 Å². The first-order valence-corrected chi connectivity index (χ1v) is 11.0. The Balaban J connectivity index is 1.80. The van der Waals surface area contributed by atoms with E-state index < -0.39 is 5.82 Å². The fourth-order valence-electron chi connectivity index (χ4n) is 3.29. The highest BCUT2D eigenvalue weighted by Gasteiger charge is 2.35. The number of nitrogens with zero attached hydrogens (tertiary/aromatic N) is 3. The quantitative estimate of drug-likeness (QED) is 0.571. The highest BCUT2D eigenvalue weighted by Crippen LogP contribution is 2.32. The Hall–Kier alpha value is -2.05. The van der Waals surface area contributed by atoms with E-state index in [1.165, 1.54) is 36.3 Å². The largest absolute Gasteiger partial charge is 0.333 e. The second-order valence-electron chi connectivity index (χ2n) is 7.05. The van der Waals surface area contributed by atoms with E-state index in [1.54, 1.807) is 23.9 Å². The molecule has 29 heavy (non-hydrogen) atoms. The third-order valence-corrected chi connectivity index (χ3v) is 6.23. The minimum Gasteiger partial charge on any atom is -0.333 e. The number of aryl methyl sites for hydroxylation is 1. The monoisotopic (exact) mass is 433 g/mol. The summed E-state index contributed by atoms with van der Waals surface area (Å²) in [6, 6.07) is 12.6. The number of carbonyl (C=O) groups excluding carboxylic acids is 1. The van der Waals surface area contributed by atoms with Crippen LogP contribution in [-0.4, -0.2) is 34.9 Å². The van der Waals surface area contributed by atoms with Crippen LogP contribution in [0.5, 0.6) is 0 Å². The van der Waals surface area contributed by atoms with Crippen molar-refractivity contribution in [1.82, 2.24) is 4.90 Å². The van der Waals surface area contributed by atoms with Crippen molar-refractivity contribution < 1.29 is 9.18 Å². The van der Waals surface area contributed by atoms with E-state index >= 15 is 0 Å². The van der Waals surface area contributed by atoms with Crippen LogP contribution in [0.4, 0.5) is 15.8 Å². The smallest absolute Gasteiger partial charge is 0.225 e. The molecule has 154 valence electrons. The minimum absolute atomic E-state index is 0.223. The van der Waals surface area contributed by atoms with Crippen LogP contribution in [0.1, 0.15) is 32.3 Å². The van der Waals surface area contributed by atoms with Gasteiger partial charge < -0.3 is 4.90 Å². The number of benzene rings is 2. The molecule has 1 heterocycles. The Kier molecular flexibility index (Phi) is 7.19. The van der Waals surface area contributed by atoms with Gasteiger partial charge in [-0.15, -0.1) is 0 Å². The second-order valence-corrected chi connectivity index (χ2v) is 8.48. The fraction of sp³-hybridized carbons (Fsp3) is 0.364. The molecule has 1 unspecified atom stereocenters. The number of thioether (sulfide) groups is 1. The average Bonchev–Trinajstić information content (AvgIpc) is 3.03. The number of rotatable bonds is 6. The number of aliphatic imine (C=N–C) groups is 1. The fourth-order valence-corrected chi connectivity index (χ4v) is 4.62. The summed E-state index contributed by atoms with van der Waals surface area (Å²) in [7, 11) is 1.88. The molecule has 0 spiro atoms. The maximum Gasteiger partial charge on any atom is 0.225 e. The molecular formula is C22H25ClFN3OS. The minimum atomic E-state index is -0.515. The van der Waals surface area contributed by atoms with Crippen LogP contribution in [0.3, 0.4) is 0 Å². The van der Waals surface area contributed by atoms with Crippen molar-refractivity contribution in [3.63, 3.8) is 0 Å². The lowest BCUT2D eigenvalue weighted by molar-refractivity contribution is -0.117. The summed E-state index contributed by atoms with van der Waals surface area (Å²) in [6.45, 7) is 3.63. The molecule has 1 atom stereocenters. The molecule has 1 aliphatic heterocycles. The van der Waals surface area contributed by atoms with E-state index in [-0.39, 0.29) is 17.8 Å². The van der Waals surface area contributed by atoms with Crippen LogP contribution in [-0.2, 0) is 11.2 Å². The Morgan fingerprint density at radius 2 is 2.03 bits per heavy atom. The number of halogens is 2. The molecule has 4 nitrogen and oxygen atoms in total. The summed E-state index contributed by atoms with van der Waals surface area (Å²) >= 11 is 7.42. The molecule has 2 aromatic carbocycles. The average molecular weight is 434 g/mol. The zero-order chi connectivity index (χ0) is 21.0. The van der Waals surface area contributed by atoms with E-state index in [0.29, 0.717) is 10.8 Å². The molecule has 1 aliphatic rings. The van der Waals surface area contributed by atoms with Crippen LogP contribution in [0, 0.1) is 5.82 Å². The number of amidine groups is 1. The van der Waals surface area contributed by atoms with Crippen molar-refractivity contribution in [1.29, 1.82) is 0 Å². The zero-order valence-electron chi connectivity index (χ0n) is 16.9. The van der Waals surface area contributed by atoms with Crippen molar-refractivity contribution in [2.45, 2.75) is 39.3 Å². The summed E-state index contributed by atoms with van der Waals surface area (Å²) in [5.74, 6) is -0.143. The lowest BCUT2D eigenvalue weighted by Crippen LogP contribution is -2.48. The van der Waals surface area contributed by atoms with E-state index in [4.69, 9.17) is 16.6 Å². The molecule has 0 saturated carbocycles. The number of hydrogen-bond acceptors (Lipinski definition) is 3. The Morgan fingerprint density at radius 3 is 2.66 bits per heavy atom. The third kappa shape index (κ3) is 5.11. The van der Waals surface area contributed by atoms with Crippen molar-refractivity contribution in [2.75, 3.05) is 17.7 Å². The molecule has 2 aromatic rings. The van der Waals surface area contributed by atoms with Crippen LogP contribution in [0.25, 0.3) is 0 Å². The van der Waals surface area contributed by atoms with Gasteiger partial charge in [0, 0.05) is 24.7 Å². The molecule has 0 N–H and O–H groups in total. The first-order valence-electron chi connectivity index (χ1n) is 9.68. The van der Waals surface area contributed by atoms with Gasteiger partial charge in [0.25, 0.3) is 0 Å². The molecule has 0 radical (unpaired) electrons. The number of carbonyl (C=O) groups is 1. The highest BCUT2D eigenvalue weighted by molar-refractivity contribution is 8.14. The SMILES string of the molecule is CCCCc1ccc(N=C2SCC(N(C(C)=O)c3ccc(Cl)cc3F)N2C)cc1. The van der Waals surface area contributed by atoms with Gasteiger partial charge in [-0.25, -0.2) is 9.38 Å². The molecule has 1 saturated heterocycles. The number of amides is 1. The zero-order valence-corrected chi connectivity index (χ0v) is 18.4. The van der Waals surface area contributed by atoms with Crippen LogP contribution in [0.15, 0.2) is 47.5 Å². The Labute approximate surface area is 180 Å². The normalized spacial score (nSPS) is 17.8. The molecule has 1 fully saturated rings. The first kappa shape index (κ1) is 21.7. The molecule has 3 rings (SSSR count). The predicted molar refractivity (Wildman–Crippen MR) is 121 cm³/mol. The van der Waals surface area contributed by atoms with Gasteiger partial charge in [-0.1, -0.05) is 48.8 Å². The summed E-state index contributed by atoms with van der Waals surface area (Å²) in [5, 5.41) is 1.10. The number of unbranched alkanes of at least 4 members (excludes halogenated alkanes) is 1. The van der Waals surface area contributed by atoms with Crippen LogP contribution >= 0.6 is 23.4 Å². The highest BCUT2D eigenvalue weighted by atomic mass is 35.5. The molecular weight excluding hydrogens is 409 g/mol. The number of anilines is 1. The lowest BCUT2D eigenvalue weighted by atomic mass is 10.1. The molecule has 1 amide bonds. The van der Waals surface area contributed by atoms with Crippen LogP contribution in [0.2, 0.25) is 5.02 Å². The van der Waals surface area contributed by atoms with Gasteiger partial charge in [-0.05, 0) is 48.7 Å². The second kappa shape index (κ2) is 9.63. The van der Waals surface area contributed by atoms with Gasteiger partial charge >= 0.3 is 0 Å². The molecule has 0 bridgehead atoms.